The van der Waals surface area contributed by atoms with Gasteiger partial charge in [-0.2, -0.15) is 10.2 Å². The lowest BCUT2D eigenvalue weighted by Crippen LogP contribution is -2.19. The Bertz CT molecular complexity index is 2490. The summed E-state index contributed by atoms with van der Waals surface area (Å²) in [6.45, 7) is -0.497. The average molecular weight is 770 g/mol. The standard InChI is InChI=1S/C34H27N9O11S/c1-47-23-4-2-3-5-26(23)54-29-32(41-55(45,46)21-7-9-25-28(16-21)53-18-51-25)37-30(19-10-11-35-22(14-19)31-39-42-43-40-31)38-33(29)48-12-13-49-34(44)36-20-6-8-24-27(15-20)52-17-50-24/h2-11,14-16H,12-13,17-18H2,1H3,(H,36,44)(H,37,38,41)(H,39,40,42,43). The van der Waals surface area contributed by atoms with Crippen LogP contribution >= 0.6 is 0 Å². The summed E-state index contributed by atoms with van der Waals surface area (Å²) >= 11 is 0. The number of aromatic amines is 1. The normalized spacial score (nSPS) is 12.5. The van der Waals surface area contributed by atoms with Gasteiger partial charge < -0.3 is 37.9 Å². The number of pyridine rings is 1. The Morgan fingerprint density at radius 1 is 0.855 bits per heavy atom. The molecule has 0 fully saturated rings. The van der Waals surface area contributed by atoms with E-state index < -0.39 is 16.1 Å². The van der Waals surface area contributed by atoms with E-state index in [9.17, 15) is 13.2 Å². The van der Waals surface area contributed by atoms with Gasteiger partial charge in [-0.05, 0) is 53.7 Å². The highest BCUT2D eigenvalue weighted by atomic mass is 32.2. The molecule has 55 heavy (non-hydrogen) atoms. The molecule has 21 heteroatoms. The number of ether oxygens (including phenoxy) is 8. The molecule has 0 saturated carbocycles. The van der Waals surface area contributed by atoms with Gasteiger partial charge in [0.05, 0.1) is 12.0 Å². The van der Waals surface area contributed by atoms with Crippen molar-refractivity contribution in [2.45, 2.75) is 4.90 Å². The van der Waals surface area contributed by atoms with Gasteiger partial charge in [0.15, 0.2) is 46.1 Å². The van der Waals surface area contributed by atoms with Crippen LogP contribution in [0, 0.1) is 0 Å². The van der Waals surface area contributed by atoms with Gasteiger partial charge in [0.1, 0.15) is 18.9 Å². The fourth-order valence-electron chi connectivity index (χ4n) is 5.22. The highest BCUT2D eigenvalue weighted by Gasteiger charge is 2.27. The minimum atomic E-state index is -4.38. The topological polar surface area (TPSA) is 242 Å². The molecule has 3 N–H and O–H groups in total. The van der Waals surface area contributed by atoms with Crippen LogP contribution in [0.15, 0.2) is 83.9 Å². The Hall–Kier alpha value is -7.42. The molecular weight excluding hydrogens is 742 g/mol. The summed E-state index contributed by atoms with van der Waals surface area (Å²) < 4.78 is 74.9. The van der Waals surface area contributed by atoms with Crippen molar-refractivity contribution in [1.82, 2.24) is 35.6 Å². The third-order valence-electron chi connectivity index (χ3n) is 7.77. The number of H-pyrrole nitrogens is 1. The Labute approximate surface area is 310 Å². The molecule has 20 nitrogen and oxygen atoms in total. The Morgan fingerprint density at radius 2 is 1.62 bits per heavy atom. The predicted octanol–water partition coefficient (Wildman–Crippen LogP) is 4.41. The number of hydrogen-bond acceptors (Lipinski definition) is 17. The van der Waals surface area contributed by atoms with Crippen molar-refractivity contribution in [3.63, 3.8) is 0 Å². The maximum absolute atomic E-state index is 13.9. The van der Waals surface area contributed by atoms with E-state index >= 15 is 0 Å². The first kappa shape index (κ1) is 34.7. The van der Waals surface area contributed by atoms with Gasteiger partial charge in [-0.25, -0.2) is 18.2 Å². The quantitative estimate of drug-likeness (QED) is 0.138. The van der Waals surface area contributed by atoms with E-state index in [2.05, 4.69) is 45.6 Å². The minimum Gasteiger partial charge on any atom is -0.493 e. The number of rotatable bonds is 13. The maximum Gasteiger partial charge on any atom is 0.411 e. The van der Waals surface area contributed by atoms with E-state index in [0.717, 1.165) is 0 Å². The van der Waals surface area contributed by atoms with Crippen molar-refractivity contribution in [2.75, 3.05) is 43.9 Å². The Kier molecular flexibility index (Phi) is 9.39. The lowest BCUT2D eigenvalue weighted by atomic mass is 10.2. The Balaban J connectivity index is 1.13. The van der Waals surface area contributed by atoms with E-state index in [1.807, 2.05) is 0 Å². The molecule has 0 radical (unpaired) electrons. The first-order chi connectivity index (χ1) is 26.8. The summed E-state index contributed by atoms with van der Waals surface area (Å²) in [5.41, 5.74) is 1.10. The first-order valence-electron chi connectivity index (χ1n) is 16.1. The van der Waals surface area contributed by atoms with Crippen molar-refractivity contribution in [2.24, 2.45) is 0 Å². The number of hydrogen-bond donors (Lipinski definition) is 3. The van der Waals surface area contributed by atoms with Gasteiger partial charge in [-0.1, -0.05) is 12.1 Å². The van der Waals surface area contributed by atoms with E-state index in [1.165, 1.54) is 31.5 Å². The predicted molar refractivity (Wildman–Crippen MR) is 188 cm³/mol. The molecule has 0 bridgehead atoms. The number of para-hydroxylation sites is 2. The smallest absolute Gasteiger partial charge is 0.411 e. The third kappa shape index (κ3) is 7.57. The number of carbonyl (C=O) groups excluding carboxylic acids is 1. The zero-order valence-corrected chi connectivity index (χ0v) is 29.2. The number of carbonyl (C=O) groups is 1. The molecule has 280 valence electrons. The van der Waals surface area contributed by atoms with Crippen molar-refractivity contribution < 1.29 is 51.1 Å². The van der Waals surface area contributed by atoms with Crippen LogP contribution in [0.3, 0.4) is 0 Å². The van der Waals surface area contributed by atoms with Gasteiger partial charge in [0, 0.05) is 29.6 Å². The van der Waals surface area contributed by atoms with E-state index in [-0.39, 0.29) is 72.3 Å². The van der Waals surface area contributed by atoms with Crippen LogP contribution in [0.5, 0.6) is 46.1 Å². The number of sulfonamides is 1. The molecule has 5 heterocycles. The van der Waals surface area contributed by atoms with Crippen LogP contribution in [0.25, 0.3) is 22.9 Å². The molecule has 1 amide bonds. The number of fused-ring (bicyclic) bond motifs is 2. The average Bonchev–Trinajstić information content (AvgIpc) is 4.00. The summed E-state index contributed by atoms with van der Waals surface area (Å²) in [4.78, 5) is 26.0. The molecule has 2 aliphatic rings. The van der Waals surface area contributed by atoms with E-state index in [1.54, 1.807) is 54.6 Å². The van der Waals surface area contributed by atoms with Crippen molar-refractivity contribution in [3.05, 3.63) is 79.0 Å². The number of aromatic nitrogens is 7. The van der Waals surface area contributed by atoms with Gasteiger partial charge in [0.25, 0.3) is 15.9 Å². The van der Waals surface area contributed by atoms with Crippen molar-refractivity contribution >= 4 is 27.6 Å². The molecule has 3 aromatic carbocycles. The van der Waals surface area contributed by atoms with Crippen LogP contribution in [-0.2, 0) is 14.8 Å². The Morgan fingerprint density at radius 3 is 2.40 bits per heavy atom. The fourth-order valence-corrected chi connectivity index (χ4v) is 6.24. The molecule has 0 aliphatic carbocycles. The number of nitrogens with zero attached hydrogens (tertiary/aromatic N) is 6. The van der Waals surface area contributed by atoms with Crippen LogP contribution in [0.4, 0.5) is 16.3 Å². The molecule has 0 spiro atoms. The number of methoxy groups -OCH3 is 1. The molecule has 0 unspecified atom stereocenters. The molecule has 0 saturated heterocycles. The van der Waals surface area contributed by atoms with Gasteiger partial charge in [-0.15, -0.1) is 10.2 Å². The second-order valence-electron chi connectivity index (χ2n) is 11.2. The van der Waals surface area contributed by atoms with Gasteiger partial charge in [0.2, 0.25) is 25.2 Å². The fraction of sp³-hybridized carbons (Fsp3) is 0.147. The SMILES string of the molecule is COc1ccccc1Oc1c(NS(=O)(=O)c2ccc3c(c2)OCO3)nc(-c2ccnc(-c3nn[nH]n3)c2)nc1OCCOC(=O)Nc1ccc2c(c1)OCO2. The molecule has 0 atom stereocenters. The monoisotopic (exact) mass is 769 g/mol. The zero-order chi connectivity index (χ0) is 37.8. The zero-order valence-electron chi connectivity index (χ0n) is 28.4. The summed E-state index contributed by atoms with van der Waals surface area (Å²) in [5.74, 6) is 1.55. The first-order valence-corrected chi connectivity index (χ1v) is 17.6. The summed E-state index contributed by atoms with van der Waals surface area (Å²) in [6, 6.07) is 18.8. The molecule has 3 aromatic heterocycles. The number of tetrazole rings is 1. The number of amides is 1. The highest BCUT2D eigenvalue weighted by Crippen LogP contribution is 2.42. The lowest BCUT2D eigenvalue weighted by molar-refractivity contribution is 0.135. The molecule has 2 aliphatic heterocycles. The number of anilines is 2. The van der Waals surface area contributed by atoms with Crippen LogP contribution in [0.2, 0.25) is 0 Å². The van der Waals surface area contributed by atoms with Crippen molar-refractivity contribution in [3.8, 4) is 69.0 Å². The van der Waals surface area contributed by atoms with E-state index in [0.29, 0.717) is 39.9 Å². The number of benzene rings is 3. The summed E-state index contributed by atoms with van der Waals surface area (Å²) in [7, 11) is -2.93. The summed E-state index contributed by atoms with van der Waals surface area (Å²) in [6.07, 6.45) is 0.687. The minimum absolute atomic E-state index is 0.0145. The largest absolute Gasteiger partial charge is 0.493 e. The maximum atomic E-state index is 13.9. The van der Waals surface area contributed by atoms with Gasteiger partial charge in [-0.3, -0.25) is 15.0 Å². The molecule has 8 rings (SSSR count). The second kappa shape index (κ2) is 14.9. The number of nitrogens with one attached hydrogen (secondary N) is 3. The van der Waals surface area contributed by atoms with Gasteiger partial charge >= 0.3 is 6.09 Å². The highest BCUT2D eigenvalue weighted by molar-refractivity contribution is 7.92. The lowest BCUT2D eigenvalue weighted by Gasteiger charge is -2.18. The van der Waals surface area contributed by atoms with Crippen LogP contribution in [0.1, 0.15) is 0 Å². The second-order valence-corrected chi connectivity index (χ2v) is 12.9. The van der Waals surface area contributed by atoms with Crippen LogP contribution in [-0.4, -0.2) is 84.0 Å². The summed E-state index contributed by atoms with van der Waals surface area (Å²) in [5, 5.41) is 16.5. The van der Waals surface area contributed by atoms with E-state index in [4.69, 9.17) is 37.9 Å². The van der Waals surface area contributed by atoms with Crippen molar-refractivity contribution in [1.29, 1.82) is 0 Å². The van der Waals surface area contributed by atoms with Crippen LogP contribution < -0.4 is 43.2 Å². The molecule has 6 aromatic rings. The third-order valence-corrected chi connectivity index (χ3v) is 9.10. The molecular formula is C34H27N9O11S.